The molecule has 1 aromatic rings. The molecule has 0 radical (unpaired) electrons. The van der Waals surface area contributed by atoms with Gasteiger partial charge in [0.25, 0.3) is 0 Å². The van der Waals surface area contributed by atoms with Gasteiger partial charge in [0.2, 0.25) is 11.8 Å². The summed E-state index contributed by atoms with van der Waals surface area (Å²) in [5, 5.41) is 8.82. The van der Waals surface area contributed by atoms with E-state index in [2.05, 4.69) is 9.97 Å². The molecular weight excluding hydrogens is 222 g/mol. The molecule has 0 bridgehead atoms. The van der Waals surface area contributed by atoms with Crippen molar-refractivity contribution in [2.24, 2.45) is 5.92 Å². The van der Waals surface area contributed by atoms with Gasteiger partial charge in [-0.1, -0.05) is 6.92 Å². The van der Waals surface area contributed by atoms with Crippen LogP contribution in [0, 0.1) is 5.92 Å². The normalized spacial score (nSPS) is 11.9. The van der Waals surface area contributed by atoms with E-state index in [4.69, 9.17) is 9.84 Å². The number of hydrogen-bond acceptors (Lipinski definition) is 5. The van der Waals surface area contributed by atoms with E-state index in [-0.39, 0.29) is 0 Å². The number of carbonyl (C=O) groups is 1. The van der Waals surface area contributed by atoms with Crippen molar-refractivity contribution >= 4 is 11.9 Å². The number of nitrogens with zero attached hydrogens (tertiary/aromatic N) is 3. The van der Waals surface area contributed by atoms with Crippen molar-refractivity contribution in [3.63, 3.8) is 0 Å². The minimum absolute atomic E-state index is 0.352. The molecule has 1 aromatic heterocycles. The van der Waals surface area contributed by atoms with Crippen LogP contribution in [0.1, 0.15) is 13.8 Å². The van der Waals surface area contributed by atoms with E-state index in [0.29, 0.717) is 25.0 Å². The van der Waals surface area contributed by atoms with Crippen LogP contribution in [0.5, 0.6) is 5.88 Å². The average molecular weight is 239 g/mol. The van der Waals surface area contributed by atoms with Crippen LogP contribution in [0.4, 0.5) is 5.95 Å². The first-order valence-corrected chi connectivity index (χ1v) is 5.44. The first-order chi connectivity index (χ1) is 8.04. The molecule has 0 saturated heterocycles. The Labute approximate surface area is 100 Å². The number of aromatic nitrogens is 2. The quantitative estimate of drug-likeness (QED) is 0.799. The summed E-state index contributed by atoms with van der Waals surface area (Å²) < 4.78 is 5.26. The van der Waals surface area contributed by atoms with Crippen LogP contribution < -0.4 is 9.64 Å². The predicted molar refractivity (Wildman–Crippen MR) is 63.3 cm³/mol. The number of hydrogen-bond donors (Lipinski definition) is 1. The van der Waals surface area contributed by atoms with Gasteiger partial charge in [-0.05, 0) is 6.92 Å². The highest BCUT2D eigenvalue weighted by Crippen LogP contribution is 2.12. The topological polar surface area (TPSA) is 75.5 Å². The van der Waals surface area contributed by atoms with Gasteiger partial charge in [0, 0.05) is 25.9 Å². The zero-order chi connectivity index (χ0) is 12.8. The van der Waals surface area contributed by atoms with Gasteiger partial charge in [0.05, 0.1) is 12.5 Å². The highest BCUT2D eigenvalue weighted by molar-refractivity contribution is 5.70. The summed E-state index contributed by atoms with van der Waals surface area (Å²) in [6.07, 6.45) is 1.59. The molecule has 1 unspecified atom stereocenters. The Bertz CT molecular complexity index is 384. The molecular formula is C11H17N3O3. The number of anilines is 1. The highest BCUT2D eigenvalue weighted by atomic mass is 16.5. The fourth-order valence-corrected chi connectivity index (χ4v) is 1.32. The fraction of sp³-hybridized carbons (Fsp3) is 0.545. The van der Waals surface area contributed by atoms with E-state index in [0.717, 1.165) is 0 Å². The lowest BCUT2D eigenvalue weighted by Gasteiger charge is -2.19. The summed E-state index contributed by atoms with van der Waals surface area (Å²) in [6, 6.07) is 1.67. The fourth-order valence-electron chi connectivity index (χ4n) is 1.32. The Kier molecular flexibility index (Phi) is 4.68. The maximum atomic E-state index is 10.7. The van der Waals surface area contributed by atoms with Gasteiger partial charge in [-0.2, -0.15) is 4.98 Å². The minimum Gasteiger partial charge on any atom is -0.481 e. The van der Waals surface area contributed by atoms with Crippen molar-refractivity contribution in [2.75, 3.05) is 25.1 Å². The van der Waals surface area contributed by atoms with E-state index < -0.39 is 11.9 Å². The van der Waals surface area contributed by atoms with Crippen molar-refractivity contribution in [2.45, 2.75) is 13.8 Å². The molecule has 0 saturated carbocycles. The molecule has 1 N–H and O–H groups in total. The van der Waals surface area contributed by atoms with E-state index in [9.17, 15) is 4.79 Å². The van der Waals surface area contributed by atoms with Crippen molar-refractivity contribution in [3.8, 4) is 5.88 Å². The third-order valence-electron chi connectivity index (χ3n) is 2.22. The molecule has 0 aromatic carbocycles. The van der Waals surface area contributed by atoms with Gasteiger partial charge in [0.1, 0.15) is 0 Å². The van der Waals surface area contributed by atoms with Crippen LogP contribution in [0.2, 0.25) is 0 Å². The smallest absolute Gasteiger partial charge is 0.308 e. The number of aliphatic carboxylic acids is 1. The van der Waals surface area contributed by atoms with Crippen LogP contribution in [-0.4, -0.2) is 41.2 Å². The summed E-state index contributed by atoms with van der Waals surface area (Å²) in [5.41, 5.74) is 0. The third-order valence-corrected chi connectivity index (χ3v) is 2.22. The second kappa shape index (κ2) is 6.03. The van der Waals surface area contributed by atoms with E-state index >= 15 is 0 Å². The summed E-state index contributed by atoms with van der Waals surface area (Å²) in [4.78, 5) is 20.7. The Morgan fingerprint density at radius 2 is 2.35 bits per heavy atom. The Hall–Kier alpha value is -1.85. The first-order valence-electron chi connectivity index (χ1n) is 5.44. The molecule has 1 rings (SSSR count). The molecule has 0 spiro atoms. The Morgan fingerprint density at radius 3 is 2.94 bits per heavy atom. The van der Waals surface area contributed by atoms with Crippen molar-refractivity contribution in [3.05, 3.63) is 12.3 Å². The maximum Gasteiger partial charge on any atom is 0.308 e. The second-order valence-corrected chi connectivity index (χ2v) is 3.75. The SMILES string of the molecule is CCOc1ccnc(N(C)CC(C)C(=O)O)n1. The number of carboxylic acids is 1. The number of rotatable bonds is 6. The van der Waals surface area contributed by atoms with Gasteiger partial charge >= 0.3 is 5.97 Å². The van der Waals surface area contributed by atoms with Crippen LogP contribution in [0.25, 0.3) is 0 Å². The lowest BCUT2D eigenvalue weighted by atomic mass is 10.2. The number of carboxylic acid groups (broad SMARTS) is 1. The molecule has 0 aliphatic carbocycles. The molecule has 17 heavy (non-hydrogen) atoms. The van der Waals surface area contributed by atoms with Crippen LogP contribution in [0.15, 0.2) is 12.3 Å². The van der Waals surface area contributed by atoms with Crippen LogP contribution in [0.3, 0.4) is 0 Å². The van der Waals surface area contributed by atoms with E-state index in [1.54, 1.807) is 31.1 Å². The molecule has 0 amide bonds. The van der Waals surface area contributed by atoms with Crippen LogP contribution >= 0.6 is 0 Å². The molecule has 0 aliphatic rings. The Morgan fingerprint density at radius 1 is 1.65 bits per heavy atom. The summed E-state index contributed by atoms with van der Waals surface area (Å²) in [5.74, 6) is -0.353. The molecule has 1 heterocycles. The second-order valence-electron chi connectivity index (χ2n) is 3.75. The Balaban J connectivity index is 2.71. The molecule has 94 valence electrons. The van der Waals surface area contributed by atoms with E-state index in [1.807, 2.05) is 6.92 Å². The standard InChI is InChI=1S/C11H17N3O3/c1-4-17-9-5-6-12-11(13-9)14(3)7-8(2)10(15)16/h5-6,8H,4,7H2,1-3H3,(H,15,16). The van der Waals surface area contributed by atoms with Crippen LogP contribution in [-0.2, 0) is 4.79 Å². The van der Waals surface area contributed by atoms with Gasteiger partial charge in [0.15, 0.2) is 0 Å². The predicted octanol–water partition coefficient (Wildman–Crippen LogP) is 1.03. The molecule has 6 nitrogen and oxygen atoms in total. The van der Waals surface area contributed by atoms with Crippen molar-refractivity contribution < 1.29 is 14.6 Å². The lowest BCUT2D eigenvalue weighted by molar-refractivity contribution is -0.140. The van der Waals surface area contributed by atoms with Gasteiger partial charge < -0.3 is 14.7 Å². The molecule has 1 atom stereocenters. The van der Waals surface area contributed by atoms with E-state index in [1.165, 1.54) is 0 Å². The zero-order valence-electron chi connectivity index (χ0n) is 10.3. The third kappa shape index (κ3) is 3.90. The first kappa shape index (κ1) is 13.2. The summed E-state index contributed by atoms with van der Waals surface area (Å²) in [6.45, 7) is 4.40. The van der Waals surface area contributed by atoms with Crippen molar-refractivity contribution in [1.29, 1.82) is 0 Å². The minimum atomic E-state index is -0.835. The monoisotopic (exact) mass is 239 g/mol. The zero-order valence-corrected chi connectivity index (χ0v) is 10.3. The molecule has 0 aliphatic heterocycles. The van der Waals surface area contributed by atoms with Gasteiger partial charge in [-0.15, -0.1) is 0 Å². The van der Waals surface area contributed by atoms with Gasteiger partial charge in [-0.25, -0.2) is 4.98 Å². The highest BCUT2D eigenvalue weighted by Gasteiger charge is 2.15. The lowest BCUT2D eigenvalue weighted by Crippen LogP contribution is -2.29. The maximum absolute atomic E-state index is 10.7. The average Bonchev–Trinajstić information content (AvgIpc) is 2.29. The number of ether oxygens (including phenoxy) is 1. The molecule has 6 heteroatoms. The summed E-state index contributed by atoms with van der Waals surface area (Å²) >= 11 is 0. The molecule has 0 fully saturated rings. The summed E-state index contributed by atoms with van der Waals surface area (Å²) in [7, 11) is 1.75. The van der Waals surface area contributed by atoms with Gasteiger partial charge in [-0.3, -0.25) is 4.79 Å². The largest absolute Gasteiger partial charge is 0.481 e. The van der Waals surface area contributed by atoms with Crippen molar-refractivity contribution in [1.82, 2.24) is 9.97 Å².